The Bertz CT molecular complexity index is 724. The number of nitrogens with zero attached hydrogens (tertiary/aromatic N) is 3. The van der Waals surface area contributed by atoms with E-state index < -0.39 is 0 Å². The van der Waals surface area contributed by atoms with E-state index in [9.17, 15) is 0 Å². The molecule has 0 aliphatic rings. The summed E-state index contributed by atoms with van der Waals surface area (Å²) in [6.07, 6.45) is 1.77. The lowest BCUT2D eigenvalue weighted by atomic mass is 10.3. The van der Waals surface area contributed by atoms with Crippen LogP contribution in [0, 0.1) is 6.92 Å². The predicted molar refractivity (Wildman–Crippen MR) is 81.5 cm³/mol. The highest BCUT2D eigenvalue weighted by Gasteiger charge is 2.10. The third-order valence-corrected chi connectivity index (χ3v) is 3.75. The molecule has 3 heterocycles. The van der Waals surface area contributed by atoms with Crippen LogP contribution in [0.1, 0.15) is 10.6 Å². The van der Waals surface area contributed by atoms with Gasteiger partial charge >= 0.3 is 0 Å². The first-order valence-electron chi connectivity index (χ1n) is 6.15. The molecule has 0 atom stereocenters. The molecular formula is C13H14N6S. The zero-order valence-corrected chi connectivity index (χ0v) is 11.7. The number of rotatable bonds is 4. The van der Waals surface area contributed by atoms with Crippen LogP contribution in [0.3, 0.4) is 0 Å². The minimum absolute atomic E-state index is 0.405. The van der Waals surface area contributed by atoms with Gasteiger partial charge in [0.2, 0.25) is 5.95 Å². The van der Waals surface area contributed by atoms with Gasteiger partial charge in [0.1, 0.15) is 10.6 Å². The molecule has 3 aromatic heterocycles. The monoisotopic (exact) mass is 286 g/mol. The van der Waals surface area contributed by atoms with E-state index in [-0.39, 0.29) is 0 Å². The molecule has 3 rings (SSSR count). The van der Waals surface area contributed by atoms with Gasteiger partial charge in [-0.1, -0.05) is 6.07 Å². The van der Waals surface area contributed by atoms with E-state index in [1.807, 2.05) is 25.1 Å². The van der Waals surface area contributed by atoms with Gasteiger partial charge < -0.3 is 5.32 Å². The molecule has 0 radical (unpaired) electrons. The summed E-state index contributed by atoms with van der Waals surface area (Å²) >= 11 is 1.62. The number of hydrazine groups is 1. The second kappa shape index (κ2) is 5.40. The van der Waals surface area contributed by atoms with Gasteiger partial charge in [0.05, 0.1) is 17.6 Å². The topological polar surface area (TPSA) is 88.8 Å². The van der Waals surface area contributed by atoms with E-state index in [0.29, 0.717) is 12.5 Å². The first-order valence-corrected chi connectivity index (χ1v) is 6.96. The van der Waals surface area contributed by atoms with Crippen molar-refractivity contribution in [3.8, 4) is 0 Å². The Labute approximate surface area is 120 Å². The Balaban J connectivity index is 1.93. The lowest BCUT2D eigenvalue weighted by molar-refractivity contribution is 1.03. The van der Waals surface area contributed by atoms with Crippen molar-refractivity contribution in [2.75, 3.05) is 10.7 Å². The number of nitrogen functional groups attached to an aromatic ring is 1. The van der Waals surface area contributed by atoms with Crippen molar-refractivity contribution in [3.05, 3.63) is 41.0 Å². The lowest BCUT2D eigenvalue weighted by Gasteiger charge is -2.08. The number of aryl methyl sites for hydroxylation is 1. The van der Waals surface area contributed by atoms with Gasteiger partial charge in [-0.25, -0.2) is 10.8 Å². The number of anilines is 2. The van der Waals surface area contributed by atoms with Gasteiger partial charge in [0, 0.05) is 11.1 Å². The number of thiophene rings is 1. The Morgan fingerprint density at radius 1 is 1.30 bits per heavy atom. The van der Waals surface area contributed by atoms with Crippen LogP contribution in [0.5, 0.6) is 0 Å². The standard InChI is InChI=1S/C13H14N6S/c1-8-6-10-11(16-7-9-4-2-3-5-15-9)17-13(19-14)18-12(10)20-8/h2-6H,7,14H2,1H3,(H2,16,17,18,19). The van der Waals surface area contributed by atoms with Crippen LogP contribution in [0.4, 0.5) is 11.8 Å². The van der Waals surface area contributed by atoms with Crippen LogP contribution in [0.2, 0.25) is 0 Å². The minimum Gasteiger partial charge on any atom is -0.364 e. The smallest absolute Gasteiger partial charge is 0.240 e. The fourth-order valence-electron chi connectivity index (χ4n) is 1.92. The van der Waals surface area contributed by atoms with E-state index in [1.54, 1.807) is 17.5 Å². The maximum absolute atomic E-state index is 5.41. The van der Waals surface area contributed by atoms with Crippen molar-refractivity contribution in [3.63, 3.8) is 0 Å². The highest BCUT2D eigenvalue weighted by molar-refractivity contribution is 7.18. The molecular weight excluding hydrogens is 272 g/mol. The third kappa shape index (κ3) is 2.54. The summed E-state index contributed by atoms with van der Waals surface area (Å²) in [5.41, 5.74) is 3.45. The van der Waals surface area contributed by atoms with E-state index in [4.69, 9.17) is 5.84 Å². The SMILES string of the molecule is Cc1cc2c(NCc3ccccn3)nc(NN)nc2s1. The second-order valence-electron chi connectivity index (χ2n) is 4.29. The number of fused-ring (bicyclic) bond motifs is 1. The summed E-state index contributed by atoms with van der Waals surface area (Å²) < 4.78 is 0. The van der Waals surface area contributed by atoms with Crippen LogP contribution in [0.15, 0.2) is 30.5 Å². The van der Waals surface area contributed by atoms with Crippen LogP contribution in [0.25, 0.3) is 10.2 Å². The zero-order valence-electron chi connectivity index (χ0n) is 10.9. The Morgan fingerprint density at radius 3 is 2.95 bits per heavy atom. The molecule has 0 aliphatic heterocycles. The summed E-state index contributed by atoms with van der Waals surface area (Å²) in [5, 5.41) is 4.29. The molecule has 102 valence electrons. The Morgan fingerprint density at radius 2 is 2.20 bits per heavy atom. The summed E-state index contributed by atoms with van der Waals surface area (Å²) in [6, 6.07) is 7.89. The molecule has 0 saturated carbocycles. The molecule has 6 nitrogen and oxygen atoms in total. The van der Waals surface area contributed by atoms with Gasteiger partial charge in [-0.3, -0.25) is 10.4 Å². The van der Waals surface area contributed by atoms with E-state index in [0.717, 1.165) is 21.7 Å². The molecule has 0 spiro atoms. The summed E-state index contributed by atoms with van der Waals surface area (Å²) in [6.45, 7) is 2.65. The molecule has 0 unspecified atom stereocenters. The quantitative estimate of drug-likeness (QED) is 0.504. The molecule has 0 aromatic carbocycles. The number of hydrogen-bond acceptors (Lipinski definition) is 7. The molecule has 0 saturated heterocycles. The fraction of sp³-hybridized carbons (Fsp3) is 0.154. The third-order valence-electron chi connectivity index (χ3n) is 2.81. The maximum atomic E-state index is 5.41. The predicted octanol–water partition coefficient (Wildman–Crippen LogP) is 2.29. The first kappa shape index (κ1) is 12.8. The van der Waals surface area contributed by atoms with Gasteiger partial charge in [0.15, 0.2) is 0 Å². The minimum atomic E-state index is 0.405. The fourth-order valence-corrected chi connectivity index (χ4v) is 2.80. The molecule has 0 fully saturated rings. The van der Waals surface area contributed by atoms with Crippen LogP contribution < -0.4 is 16.6 Å². The molecule has 3 aromatic rings. The van der Waals surface area contributed by atoms with Gasteiger partial charge in [-0.15, -0.1) is 11.3 Å². The largest absolute Gasteiger partial charge is 0.364 e. The summed E-state index contributed by atoms with van der Waals surface area (Å²) in [7, 11) is 0. The lowest BCUT2D eigenvalue weighted by Crippen LogP contribution is -2.12. The highest BCUT2D eigenvalue weighted by atomic mass is 32.1. The van der Waals surface area contributed by atoms with Crippen molar-refractivity contribution in [2.45, 2.75) is 13.5 Å². The van der Waals surface area contributed by atoms with Crippen molar-refractivity contribution in [2.24, 2.45) is 5.84 Å². The van der Waals surface area contributed by atoms with Crippen molar-refractivity contribution < 1.29 is 0 Å². The molecule has 7 heteroatoms. The van der Waals surface area contributed by atoms with Crippen molar-refractivity contribution in [1.29, 1.82) is 0 Å². The van der Waals surface area contributed by atoms with Gasteiger partial charge in [-0.05, 0) is 25.1 Å². The number of aromatic nitrogens is 3. The second-order valence-corrected chi connectivity index (χ2v) is 5.53. The number of hydrogen-bond donors (Lipinski definition) is 3. The van der Waals surface area contributed by atoms with E-state index in [2.05, 4.69) is 31.8 Å². The molecule has 20 heavy (non-hydrogen) atoms. The van der Waals surface area contributed by atoms with Crippen LogP contribution >= 0.6 is 11.3 Å². The molecule has 0 aliphatic carbocycles. The van der Waals surface area contributed by atoms with Crippen molar-refractivity contribution in [1.82, 2.24) is 15.0 Å². The number of pyridine rings is 1. The van der Waals surface area contributed by atoms with E-state index >= 15 is 0 Å². The van der Waals surface area contributed by atoms with Crippen LogP contribution in [-0.2, 0) is 6.54 Å². The average Bonchev–Trinajstić information content (AvgIpc) is 2.86. The van der Waals surface area contributed by atoms with Gasteiger partial charge in [0.25, 0.3) is 0 Å². The number of nitrogens with one attached hydrogen (secondary N) is 2. The molecule has 4 N–H and O–H groups in total. The van der Waals surface area contributed by atoms with Crippen LogP contribution in [-0.4, -0.2) is 15.0 Å². The summed E-state index contributed by atoms with van der Waals surface area (Å²) in [5.74, 6) is 6.58. The molecule has 0 bridgehead atoms. The highest BCUT2D eigenvalue weighted by Crippen LogP contribution is 2.29. The number of nitrogens with two attached hydrogens (primary N) is 1. The first-order chi connectivity index (χ1) is 9.76. The zero-order chi connectivity index (χ0) is 13.9. The Kier molecular flexibility index (Phi) is 3.44. The van der Waals surface area contributed by atoms with Gasteiger partial charge in [-0.2, -0.15) is 4.98 Å². The normalized spacial score (nSPS) is 10.7. The molecule has 0 amide bonds. The maximum Gasteiger partial charge on any atom is 0.240 e. The average molecular weight is 286 g/mol. The Hall–Kier alpha value is -2.25. The summed E-state index contributed by atoms with van der Waals surface area (Å²) in [4.78, 5) is 15.1. The van der Waals surface area contributed by atoms with E-state index in [1.165, 1.54) is 4.88 Å². The van der Waals surface area contributed by atoms with Crippen molar-refractivity contribution >= 4 is 33.3 Å².